The number of carbonyl (C=O) groups excluding carboxylic acids is 2. The van der Waals surface area contributed by atoms with Crippen molar-refractivity contribution in [1.82, 2.24) is 0 Å². The minimum Gasteiger partial charge on any atom is -0.462 e. The number of esters is 1. The first kappa shape index (κ1) is 14.8. The molecule has 1 aromatic rings. The molecule has 0 amide bonds. The van der Waals surface area contributed by atoms with Crippen LogP contribution in [0.1, 0.15) is 30.6 Å². The molecule has 104 valence electrons. The highest BCUT2D eigenvalue weighted by molar-refractivity contribution is 5.94. The zero-order valence-corrected chi connectivity index (χ0v) is 11.0. The number of carbonyl (C=O) groups is 2. The van der Waals surface area contributed by atoms with Crippen LogP contribution in [0, 0.1) is 0 Å². The van der Waals surface area contributed by atoms with E-state index in [2.05, 4.69) is 0 Å². The van der Waals surface area contributed by atoms with Crippen LogP contribution in [0.15, 0.2) is 18.2 Å². The Labute approximate surface area is 111 Å². The topological polar surface area (TPSA) is 87.9 Å². The average Bonchev–Trinajstić information content (AvgIpc) is 2.38. The molecule has 0 fully saturated rings. The summed E-state index contributed by atoms with van der Waals surface area (Å²) < 4.78 is 14.6. The molecule has 0 atom stereocenters. The van der Waals surface area contributed by atoms with E-state index in [0.29, 0.717) is 12.1 Å². The van der Waals surface area contributed by atoms with Gasteiger partial charge >= 0.3 is 12.1 Å². The smallest absolute Gasteiger partial charge is 0.462 e. The third kappa shape index (κ3) is 4.50. The molecule has 0 aliphatic rings. The number of nitrogens with two attached hydrogens (primary N) is 1. The van der Waals surface area contributed by atoms with Crippen LogP contribution in [-0.2, 0) is 9.47 Å². The highest BCUT2D eigenvalue weighted by Gasteiger charge is 2.17. The lowest BCUT2D eigenvalue weighted by atomic mass is 10.2. The second-order valence-corrected chi connectivity index (χ2v) is 3.68. The number of anilines is 1. The Kier molecular flexibility index (Phi) is 5.66. The van der Waals surface area contributed by atoms with E-state index in [-0.39, 0.29) is 24.5 Å². The quantitative estimate of drug-likeness (QED) is 0.500. The van der Waals surface area contributed by atoms with Gasteiger partial charge in [0.1, 0.15) is 11.3 Å². The fourth-order valence-corrected chi connectivity index (χ4v) is 1.31. The van der Waals surface area contributed by atoms with Crippen molar-refractivity contribution in [2.75, 3.05) is 18.9 Å². The molecule has 0 aromatic heterocycles. The van der Waals surface area contributed by atoms with Crippen LogP contribution >= 0.6 is 0 Å². The van der Waals surface area contributed by atoms with E-state index in [1.165, 1.54) is 18.2 Å². The summed E-state index contributed by atoms with van der Waals surface area (Å²) >= 11 is 0. The normalized spacial score (nSPS) is 9.79. The minimum atomic E-state index is -0.864. The van der Waals surface area contributed by atoms with E-state index in [4.69, 9.17) is 19.9 Å². The van der Waals surface area contributed by atoms with Gasteiger partial charge < -0.3 is 19.9 Å². The van der Waals surface area contributed by atoms with E-state index >= 15 is 0 Å². The number of ether oxygens (including phenoxy) is 3. The average molecular weight is 267 g/mol. The monoisotopic (exact) mass is 267 g/mol. The van der Waals surface area contributed by atoms with Gasteiger partial charge in [-0.3, -0.25) is 0 Å². The standard InChI is InChI=1S/C13H17NO5/c1-3-7-18-13(16)19-11-6-5-9(14)8-10(11)12(15)17-4-2/h5-6,8H,3-4,7,14H2,1-2H3. The van der Waals surface area contributed by atoms with Crippen LogP contribution in [0.5, 0.6) is 5.75 Å². The van der Waals surface area contributed by atoms with Crippen molar-refractivity contribution in [2.45, 2.75) is 20.3 Å². The lowest BCUT2D eigenvalue weighted by Crippen LogP contribution is -2.14. The molecule has 1 rings (SSSR count). The molecule has 0 radical (unpaired) electrons. The summed E-state index contributed by atoms with van der Waals surface area (Å²) in [6.45, 7) is 4.01. The summed E-state index contributed by atoms with van der Waals surface area (Å²) in [5, 5.41) is 0. The molecule has 0 spiro atoms. The van der Waals surface area contributed by atoms with E-state index in [0.717, 1.165) is 0 Å². The molecule has 0 unspecified atom stereocenters. The molecule has 2 N–H and O–H groups in total. The van der Waals surface area contributed by atoms with Gasteiger partial charge in [-0.25, -0.2) is 9.59 Å². The molecule has 0 saturated heterocycles. The van der Waals surface area contributed by atoms with Gasteiger partial charge in [-0.1, -0.05) is 6.92 Å². The largest absolute Gasteiger partial charge is 0.513 e. The van der Waals surface area contributed by atoms with Gasteiger partial charge in [0.25, 0.3) is 0 Å². The molecular weight excluding hydrogens is 250 g/mol. The zero-order valence-electron chi connectivity index (χ0n) is 11.0. The van der Waals surface area contributed by atoms with Gasteiger partial charge in [-0.2, -0.15) is 0 Å². The second-order valence-electron chi connectivity index (χ2n) is 3.68. The summed E-state index contributed by atoms with van der Waals surface area (Å²) in [4.78, 5) is 23.1. The van der Waals surface area contributed by atoms with Crippen LogP contribution in [0.25, 0.3) is 0 Å². The van der Waals surface area contributed by atoms with Gasteiger partial charge in [0.05, 0.1) is 13.2 Å². The molecule has 0 heterocycles. The fraction of sp³-hybridized carbons (Fsp3) is 0.385. The number of benzene rings is 1. The van der Waals surface area contributed by atoms with Crippen molar-refractivity contribution in [1.29, 1.82) is 0 Å². The van der Waals surface area contributed by atoms with Crippen LogP contribution in [-0.4, -0.2) is 25.3 Å². The van der Waals surface area contributed by atoms with Gasteiger partial charge in [0, 0.05) is 5.69 Å². The predicted molar refractivity (Wildman–Crippen MR) is 69.1 cm³/mol. The first-order valence-electron chi connectivity index (χ1n) is 5.99. The van der Waals surface area contributed by atoms with Crippen LogP contribution in [0.2, 0.25) is 0 Å². The Hall–Kier alpha value is -2.24. The number of nitrogen functional groups attached to an aromatic ring is 1. The summed E-state index contributed by atoms with van der Waals surface area (Å²) in [7, 11) is 0. The van der Waals surface area contributed by atoms with Gasteiger partial charge in [-0.15, -0.1) is 0 Å². The minimum absolute atomic E-state index is 0.0637. The molecule has 0 aliphatic heterocycles. The Morgan fingerprint density at radius 3 is 2.58 bits per heavy atom. The zero-order chi connectivity index (χ0) is 14.3. The summed E-state index contributed by atoms with van der Waals surface area (Å²) in [5.41, 5.74) is 6.06. The lowest BCUT2D eigenvalue weighted by Gasteiger charge is -2.10. The SMILES string of the molecule is CCCOC(=O)Oc1ccc(N)cc1C(=O)OCC. The number of rotatable bonds is 5. The van der Waals surface area contributed by atoms with Crippen molar-refractivity contribution in [2.24, 2.45) is 0 Å². The fourth-order valence-electron chi connectivity index (χ4n) is 1.31. The van der Waals surface area contributed by atoms with Crippen LogP contribution < -0.4 is 10.5 Å². The maximum atomic E-state index is 11.7. The molecule has 0 aliphatic carbocycles. The third-order valence-electron chi connectivity index (χ3n) is 2.12. The maximum absolute atomic E-state index is 11.7. The maximum Gasteiger partial charge on any atom is 0.513 e. The third-order valence-corrected chi connectivity index (χ3v) is 2.12. The van der Waals surface area contributed by atoms with E-state index in [9.17, 15) is 9.59 Å². The molecular formula is C13H17NO5. The summed E-state index contributed by atoms with van der Waals surface area (Å²) in [5.74, 6) is -0.540. The highest BCUT2D eigenvalue weighted by Crippen LogP contribution is 2.23. The number of hydrogen-bond acceptors (Lipinski definition) is 6. The van der Waals surface area contributed by atoms with Gasteiger partial charge in [0.2, 0.25) is 0 Å². The van der Waals surface area contributed by atoms with E-state index in [1.54, 1.807) is 6.92 Å². The van der Waals surface area contributed by atoms with Crippen molar-refractivity contribution in [3.05, 3.63) is 23.8 Å². The lowest BCUT2D eigenvalue weighted by molar-refractivity contribution is 0.0520. The van der Waals surface area contributed by atoms with Gasteiger partial charge in [0.15, 0.2) is 0 Å². The van der Waals surface area contributed by atoms with Crippen LogP contribution in [0.4, 0.5) is 10.5 Å². The Bertz CT molecular complexity index is 458. The summed E-state index contributed by atoms with van der Waals surface area (Å²) in [6.07, 6.45) is -0.182. The number of hydrogen-bond donors (Lipinski definition) is 1. The van der Waals surface area contributed by atoms with Crippen molar-refractivity contribution in [3.63, 3.8) is 0 Å². The molecule has 6 nitrogen and oxygen atoms in total. The predicted octanol–water partition coefficient (Wildman–Crippen LogP) is 2.37. The van der Waals surface area contributed by atoms with Crippen molar-refractivity contribution >= 4 is 17.8 Å². The Morgan fingerprint density at radius 2 is 1.95 bits per heavy atom. The molecule has 6 heteroatoms. The van der Waals surface area contributed by atoms with Crippen molar-refractivity contribution in [3.8, 4) is 5.75 Å². The molecule has 0 saturated carbocycles. The summed E-state index contributed by atoms with van der Waals surface area (Å²) in [6, 6.07) is 4.33. The van der Waals surface area contributed by atoms with E-state index < -0.39 is 12.1 Å². The first-order chi connectivity index (χ1) is 9.08. The Balaban J connectivity index is 2.87. The molecule has 0 bridgehead atoms. The molecule has 1 aromatic carbocycles. The van der Waals surface area contributed by atoms with Crippen molar-refractivity contribution < 1.29 is 23.8 Å². The molecule has 19 heavy (non-hydrogen) atoms. The highest BCUT2D eigenvalue weighted by atomic mass is 16.7. The first-order valence-corrected chi connectivity index (χ1v) is 5.99. The Morgan fingerprint density at radius 1 is 1.21 bits per heavy atom. The van der Waals surface area contributed by atoms with Gasteiger partial charge in [-0.05, 0) is 31.5 Å². The second kappa shape index (κ2) is 7.25. The van der Waals surface area contributed by atoms with Crippen LogP contribution in [0.3, 0.4) is 0 Å². The van der Waals surface area contributed by atoms with E-state index in [1.807, 2.05) is 6.92 Å².